The van der Waals surface area contributed by atoms with Crippen LogP contribution in [0.4, 0.5) is 10.6 Å². The highest BCUT2D eigenvalue weighted by Crippen LogP contribution is 2.25. The van der Waals surface area contributed by atoms with Crippen molar-refractivity contribution >= 4 is 47.0 Å². The summed E-state index contributed by atoms with van der Waals surface area (Å²) < 4.78 is 0. The summed E-state index contributed by atoms with van der Waals surface area (Å²) >= 11 is 6.15. The summed E-state index contributed by atoms with van der Waals surface area (Å²) in [4.78, 5) is 69.6. The van der Waals surface area contributed by atoms with Crippen molar-refractivity contribution in [2.24, 2.45) is 0 Å². The molecule has 1 unspecified atom stereocenters. The zero-order valence-corrected chi connectivity index (χ0v) is 24.3. The first kappa shape index (κ1) is 31.2. The number of anilines is 1. The molecule has 2 aromatic carbocycles. The van der Waals surface area contributed by atoms with Gasteiger partial charge in [0.2, 0.25) is 17.7 Å². The van der Waals surface area contributed by atoms with Crippen LogP contribution in [-0.4, -0.2) is 63.2 Å². The molecule has 0 saturated carbocycles. The fourth-order valence-corrected chi connectivity index (χ4v) is 4.94. The SMILES string of the molecule is Cc1cnc(NC(=O)C(CCNC(=O)O)NC(=O)[C@@H]2Cc3ccccc3CN2C(=O)CCC(=O)c2ccccc2)cc1Cl. The van der Waals surface area contributed by atoms with Crippen molar-refractivity contribution in [3.05, 3.63) is 94.1 Å². The first-order valence-corrected chi connectivity index (χ1v) is 14.1. The van der Waals surface area contributed by atoms with Crippen LogP contribution in [0.15, 0.2) is 66.9 Å². The Kier molecular flexibility index (Phi) is 10.4. The maximum absolute atomic E-state index is 13.7. The van der Waals surface area contributed by atoms with Gasteiger partial charge in [0, 0.05) is 49.1 Å². The van der Waals surface area contributed by atoms with Gasteiger partial charge in [-0.15, -0.1) is 0 Å². The Morgan fingerprint density at radius 2 is 1.72 bits per heavy atom. The fourth-order valence-electron chi connectivity index (χ4n) is 4.79. The molecule has 2 atom stereocenters. The Morgan fingerprint density at radius 1 is 1.02 bits per heavy atom. The molecule has 4 N–H and O–H groups in total. The lowest BCUT2D eigenvalue weighted by Gasteiger charge is -2.36. The summed E-state index contributed by atoms with van der Waals surface area (Å²) in [6.45, 7) is 1.80. The van der Waals surface area contributed by atoms with Gasteiger partial charge in [-0.2, -0.15) is 0 Å². The van der Waals surface area contributed by atoms with E-state index in [0.717, 1.165) is 11.1 Å². The Hall–Kier alpha value is -4.77. The van der Waals surface area contributed by atoms with Crippen molar-refractivity contribution in [2.75, 3.05) is 11.9 Å². The minimum Gasteiger partial charge on any atom is -0.465 e. The van der Waals surface area contributed by atoms with Gasteiger partial charge in [-0.3, -0.25) is 19.2 Å². The Balaban J connectivity index is 1.51. The van der Waals surface area contributed by atoms with Crippen molar-refractivity contribution in [1.82, 2.24) is 20.5 Å². The monoisotopic (exact) mass is 605 g/mol. The Labute approximate surface area is 253 Å². The lowest BCUT2D eigenvalue weighted by atomic mass is 9.92. The summed E-state index contributed by atoms with van der Waals surface area (Å²) in [7, 11) is 0. The standard InChI is InChI=1S/C31H32ClN5O6/c1-19-17-34-27(16-23(19)32)36-29(40)24(13-14-33-31(42)43)35-30(41)25-15-21-9-5-6-10-22(21)18-37(25)28(39)12-11-26(38)20-7-3-2-4-8-20/h2-10,16-17,24-25,33H,11-15,18H2,1H3,(H,35,41)(H,42,43)(H,34,36,40)/t24?,25-/m0/s1. The van der Waals surface area contributed by atoms with Gasteiger partial charge >= 0.3 is 6.09 Å². The first-order valence-electron chi connectivity index (χ1n) is 13.8. The summed E-state index contributed by atoms with van der Waals surface area (Å²) in [5.74, 6) is -1.60. The zero-order valence-electron chi connectivity index (χ0n) is 23.5. The number of pyridine rings is 1. The van der Waals surface area contributed by atoms with Crippen molar-refractivity contribution < 1.29 is 29.1 Å². The topological polar surface area (TPSA) is 158 Å². The van der Waals surface area contributed by atoms with Crippen LogP contribution in [0, 0.1) is 6.92 Å². The van der Waals surface area contributed by atoms with Gasteiger partial charge in [-0.1, -0.05) is 66.2 Å². The lowest BCUT2D eigenvalue weighted by Crippen LogP contribution is -2.56. The number of fused-ring (bicyclic) bond motifs is 1. The molecule has 0 spiro atoms. The molecule has 12 heteroatoms. The number of nitrogens with zero attached hydrogens (tertiary/aromatic N) is 2. The molecule has 224 valence electrons. The normalized spacial score (nSPS) is 14.7. The Bertz CT molecular complexity index is 1520. The largest absolute Gasteiger partial charge is 0.465 e. The predicted molar refractivity (Wildman–Crippen MR) is 160 cm³/mol. The van der Waals surface area contributed by atoms with E-state index in [2.05, 4.69) is 20.9 Å². The molecule has 0 bridgehead atoms. The van der Waals surface area contributed by atoms with Crippen molar-refractivity contribution in [1.29, 1.82) is 0 Å². The number of hydrogen-bond acceptors (Lipinski definition) is 6. The minimum atomic E-state index is -1.27. The number of aryl methyl sites for hydroxylation is 1. The molecule has 43 heavy (non-hydrogen) atoms. The molecule has 4 amide bonds. The van der Waals surface area contributed by atoms with E-state index in [4.69, 9.17) is 16.7 Å². The molecule has 4 rings (SSSR count). The number of nitrogens with one attached hydrogen (secondary N) is 3. The maximum Gasteiger partial charge on any atom is 0.404 e. The molecule has 1 aliphatic heterocycles. The van der Waals surface area contributed by atoms with E-state index in [1.807, 2.05) is 24.3 Å². The minimum absolute atomic E-state index is 0.0205. The van der Waals surface area contributed by atoms with Crippen LogP contribution in [0.5, 0.6) is 0 Å². The van der Waals surface area contributed by atoms with Gasteiger partial charge in [0.25, 0.3) is 0 Å². The summed E-state index contributed by atoms with van der Waals surface area (Å²) in [6, 6.07) is 15.5. The number of ketones is 1. The second kappa shape index (κ2) is 14.4. The van der Waals surface area contributed by atoms with Crippen LogP contribution >= 0.6 is 11.6 Å². The first-order chi connectivity index (χ1) is 20.6. The number of carbonyl (C=O) groups excluding carboxylic acids is 4. The third-order valence-electron chi connectivity index (χ3n) is 7.16. The molecular formula is C31H32ClN5O6. The quantitative estimate of drug-likeness (QED) is 0.242. The average molecular weight is 606 g/mol. The van der Waals surface area contributed by atoms with Gasteiger partial charge in [0.1, 0.15) is 17.9 Å². The van der Waals surface area contributed by atoms with E-state index in [0.29, 0.717) is 16.1 Å². The van der Waals surface area contributed by atoms with Crippen LogP contribution in [0.25, 0.3) is 0 Å². The van der Waals surface area contributed by atoms with E-state index < -0.39 is 30.0 Å². The van der Waals surface area contributed by atoms with Gasteiger partial charge in [0.15, 0.2) is 5.78 Å². The zero-order chi connectivity index (χ0) is 30.9. The molecule has 0 aliphatic carbocycles. The highest BCUT2D eigenvalue weighted by Gasteiger charge is 2.36. The third kappa shape index (κ3) is 8.39. The molecule has 11 nitrogen and oxygen atoms in total. The van der Waals surface area contributed by atoms with Crippen LogP contribution in [0.2, 0.25) is 5.02 Å². The van der Waals surface area contributed by atoms with Crippen molar-refractivity contribution in [2.45, 2.75) is 51.2 Å². The molecular weight excluding hydrogens is 574 g/mol. The predicted octanol–water partition coefficient (Wildman–Crippen LogP) is 3.74. The number of benzene rings is 2. The number of carboxylic acid groups (broad SMARTS) is 1. The maximum atomic E-state index is 13.7. The fraction of sp³-hybridized carbons (Fsp3) is 0.290. The number of hydrogen-bond donors (Lipinski definition) is 4. The van der Waals surface area contributed by atoms with Crippen LogP contribution in [-0.2, 0) is 27.3 Å². The van der Waals surface area contributed by atoms with E-state index in [1.54, 1.807) is 37.3 Å². The highest BCUT2D eigenvalue weighted by molar-refractivity contribution is 6.31. The van der Waals surface area contributed by atoms with E-state index >= 15 is 0 Å². The van der Waals surface area contributed by atoms with Crippen LogP contribution in [0.3, 0.4) is 0 Å². The highest BCUT2D eigenvalue weighted by atomic mass is 35.5. The Morgan fingerprint density at radius 3 is 2.42 bits per heavy atom. The second-order valence-corrected chi connectivity index (χ2v) is 10.6. The smallest absolute Gasteiger partial charge is 0.404 e. The molecule has 2 heterocycles. The molecule has 0 fully saturated rings. The average Bonchev–Trinajstić information content (AvgIpc) is 3.00. The van der Waals surface area contributed by atoms with E-state index in [9.17, 15) is 24.0 Å². The number of halogens is 1. The number of carbonyl (C=O) groups is 5. The van der Waals surface area contributed by atoms with Crippen LogP contribution in [0.1, 0.15) is 46.3 Å². The van der Waals surface area contributed by atoms with Gasteiger partial charge in [-0.25, -0.2) is 9.78 Å². The molecule has 0 saturated heterocycles. The number of aromatic nitrogens is 1. The lowest BCUT2D eigenvalue weighted by molar-refractivity contribution is -0.142. The molecule has 1 aromatic heterocycles. The van der Waals surface area contributed by atoms with Gasteiger partial charge in [-0.05, 0) is 36.1 Å². The summed E-state index contributed by atoms with van der Waals surface area (Å²) in [6.07, 6.45) is 0.245. The van der Waals surface area contributed by atoms with Crippen molar-refractivity contribution in [3.63, 3.8) is 0 Å². The molecule has 3 aromatic rings. The number of Topliss-reactive ketones (excluding diaryl/α,β-unsaturated/α-hetero) is 1. The molecule has 1 aliphatic rings. The van der Waals surface area contributed by atoms with Gasteiger partial charge < -0.3 is 26.0 Å². The van der Waals surface area contributed by atoms with Crippen LogP contribution < -0.4 is 16.0 Å². The van der Waals surface area contributed by atoms with E-state index in [1.165, 1.54) is 17.2 Å². The molecule has 0 radical (unpaired) electrons. The summed E-state index contributed by atoms with van der Waals surface area (Å²) in [5.41, 5.74) is 2.99. The second-order valence-electron chi connectivity index (χ2n) is 10.2. The van der Waals surface area contributed by atoms with Gasteiger partial charge in [0.05, 0.1) is 0 Å². The van der Waals surface area contributed by atoms with E-state index in [-0.39, 0.29) is 56.3 Å². The third-order valence-corrected chi connectivity index (χ3v) is 7.57. The number of rotatable bonds is 11. The van der Waals surface area contributed by atoms with Crippen molar-refractivity contribution in [3.8, 4) is 0 Å². The summed E-state index contributed by atoms with van der Waals surface area (Å²) in [5, 5.41) is 16.9. The number of amides is 4.